The van der Waals surface area contributed by atoms with E-state index < -0.39 is 4.92 Å². The van der Waals surface area contributed by atoms with Crippen molar-refractivity contribution in [2.24, 2.45) is 0 Å². The average molecular weight is 361 g/mol. The normalized spacial score (nSPS) is 21.3. The van der Waals surface area contributed by atoms with Crippen molar-refractivity contribution in [3.63, 3.8) is 0 Å². The zero-order valence-corrected chi connectivity index (χ0v) is 15.5. The van der Waals surface area contributed by atoms with E-state index in [-0.39, 0.29) is 23.1 Å². The number of ether oxygens (including phenoxy) is 1. The van der Waals surface area contributed by atoms with Gasteiger partial charge in [-0.25, -0.2) is 0 Å². The van der Waals surface area contributed by atoms with E-state index in [9.17, 15) is 14.9 Å². The number of anilines is 1. The number of nitro groups is 1. The molecule has 26 heavy (non-hydrogen) atoms. The number of nitro benzene ring substituents is 1. The molecule has 2 aliphatic rings. The minimum absolute atomic E-state index is 0.00308. The highest BCUT2D eigenvalue weighted by molar-refractivity contribution is 5.95. The van der Waals surface area contributed by atoms with E-state index in [1.54, 1.807) is 12.1 Å². The molecule has 0 spiro atoms. The van der Waals surface area contributed by atoms with Crippen molar-refractivity contribution in [2.75, 3.05) is 31.6 Å². The first kappa shape index (κ1) is 18.8. The Hall–Kier alpha value is -1.99. The number of carbonyl (C=O) groups excluding carboxylic acids is 1. The van der Waals surface area contributed by atoms with Gasteiger partial charge in [-0.15, -0.1) is 0 Å². The van der Waals surface area contributed by atoms with Gasteiger partial charge in [-0.2, -0.15) is 0 Å². The van der Waals surface area contributed by atoms with E-state index in [0.717, 1.165) is 39.1 Å². The first-order chi connectivity index (χ1) is 12.4. The molecule has 0 amide bonds. The minimum atomic E-state index is -0.419. The summed E-state index contributed by atoms with van der Waals surface area (Å²) in [5, 5.41) is 14.9. The molecular formula is C19H27N3O4. The molecule has 142 valence electrons. The molecule has 1 heterocycles. The number of hydrogen-bond donors (Lipinski definition) is 1. The largest absolute Gasteiger partial charge is 0.379 e. The number of benzene rings is 1. The van der Waals surface area contributed by atoms with E-state index in [1.165, 1.54) is 25.8 Å². The second kappa shape index (κ2) is 7.72. The van der Waals surface area contributed by atoms with E-state index in [0.29, 0.717) is 11.3 Å². The Balaban J connectivity index is 1.86. The van der Waals surface area contributed by atoms with Crippen LogP contribution in [0.5, 0.6) is 0 Å². The predicted molar refractivity (Wildman–Crippen MR) is 99.8 cm³/mol. The first-order valence-electron chi connectivity index (χ1n) is 9.33. The number of hydrogen-bond acceptors (Lipinski definition) is 6. The van der Waals surface area contributed by atoms with Gasteiger partial charge in [0, 0.05) is 36.3 Å². The average Bonchev–Trinajstić information content (AvgIpc) is 3.13. The SMILES string of the molecule is CC(=O)c1ccc(N[C@@H](C)C2(N3CCOCC3)CCCC2)c([N+](=O)[O-])c1. The van der Waals surface area contributed by atoms with Crippen molar-refractivity contribution in [1.82, 2.24) is 4.90 Å². The summed E-state index contributed by atoms with van der Waals surface area (Å²) in [5.41, 5.74) is 0.794. The minimum Gasteiger partial charge on any atom is -0.379 e. The molecule has 7 nitrogen and oxygen atoms in total. The Morgan fingerprint density at radius 2 is 1.96 bits per heavy atom. The van der Waals surface area contributed by atoms with Crippen LogP contribution in [0.1, 0.15) is 49.9 Å². The van der Waals surface area contributed by atoms with Crippen LogP contribution in [-0.4, -0.2) is 53.5 Å². The Kier molecular flexibility index (Phi) is 5.58. The molecule has 1 aliphatic heterocycles. The van der Waals surface area contributed by atoms with Gasteiger partial charge in [-0.1, -0.05) is 12.8 Å². The van der Waals surface area contributed by atoms with E-state index in [4.69, 9.17) is 4.74 Å². The maximum Gasteiger partial charge on any atom is 0.293 e. The van der Waals surface area contributed by atoms with Crippen molar-refractivity contribution >= 4 is 17.2 Å². The Morgan fingerprint density at radius 3 is 2.54 bits per heavy atom. The molecule has 0 unspecified atom stereocenters. The van der Waals surface area contributed by atoms with Gasteiger partial charge in [0.2, 0.25) is 0 Å². The van der Waals surface area contributed by atoms with Crippen molar-refractivity contribution in [1.29, 1.82) is 0 Å². The van der Waals surface area contributed by atoms with Crippen molar-refractivity contribution in [3.8, 4) is 0 Å². The number of carbonyl (C=O) groups is 1. The maximum atomic E-state index is 11.6. The Morgan fingerprint density at radius 1 is 1.31 bits per heavy atom. The lowest BCUT2D eigenvalue weighted by atomic mass is 9.86. The third-order valence-electron chi connectivity index (χ3n) is 5.89. The topological polar surface area (TPSA) is 84.7 Å². The van der Waals surface area contributed by atoms with Crippen molar-refractivity contribution in [3.05, 3.63) is 33.9 Å². The number of rotatable bonds is 6. The summed E-state index contributed by atoms with van der Waals surface area (Å²) in [5.74, 6) is -0.173. The van der Waals surface area contributed by atoms with Crippen LogP contribution in [0.2, 0.25) is 0 Å². The Bertz CT molecular complexity index is 679. The number of ketones is 1. The first-order valence-corrected chi connectivity index (χ1v) is 9.33. The molecule has 1 aliphatic carbocycles. The third-order valence-corrected chi connectivity index (χ3v) is 5.89. The summed E-state index contributed by atoms with van der Waals surface area (Å²) in [6, 6.07) is 4.74. The molecule has 1 saturated heterocycles. The molecule has 2 fully saturated rings. The van der Waals surface area contributed by atoms with Crippen LogP contribution in [0, 0.1) is 10.1 Å². The van der Waals surface area contributed by atoms with E-state index in [1.807, 2.05) is 0 Å². The van der Waals surface area contributed by atoms with E-state index in [2.05, 4.69) is 17.1 Å². The van der Waals surface area contributed by atoms with Crippen LogP contribution in [0.4, 0.5) is 11.4 Å². The van der Waals surface area contributed by atoms with Crippen LogP contribution in [0.15, 0.2) is 18.2 Å². The van der Waals surface area contributed by atoms with Gasteiger partial charge in [0.05, 0.1) is 18.1 Å². The van der Waals surface area contributed by atoms with Crippen LogP contribution in [-0.2, 0) is 4.74 Å². The smallest absolute Gasteiger partial charge is 0.293 e. The zero-order valence-electron chi connectivity index (χ0n) is 15.5. The zero-order chi connectivity index (χ0) is 18.7. The van der Waals surface area contributed by atoms with Gasteiger partial charge in [0.15, 0.2) is 5.78 Å². The molecular weight excluding hydrogens is 334 g/mol. The Labute approximate surface area is 153 Å². The summed E-state index contributed by atoms with van der Waals surface area (Å²) in [7, 11) is 0. The fraction of sp³-hybridized carbons (Fsp3) is 0.632. The highest BCUT2D eigenvalue weighted by Crippen LogP contribution is 2.40. The molecule has 7 heteroatoms. The lowest BCUT2D eigenvalue weighted by Crippen LogP contribution is -2.59. The lowest BCUT2D eigenvalue weighted by Gasteiger charge is -2.47. The highest BCUT2D eigenvalue weighted by atomic mass is 16.6. The number of Topliss-reactive ketones (excluding diaryl/α,β-unsaturated/α-hetero) is 1. The summed E-state index contributed by atoms with van der Waals surface area (Å²) in [6.45, 7) is 6.81. The van der Waals surface area contributed by atoms with Gasteiger partial charge < -0.3 is 10.1 Å². The van der Waals surface area contributed by atoms with Crippen molar-refractivity contribution in [2.45, 2.75) is 51.1 Å². The fourth-order valence-corrected chi connectivity index (χ4v) is 4.41. The molecule has 1 aromatic carbocycles. The second-order valence-corrected chi connectivity index (χ2v) is 7.32. The molecule has 1 saturated carbocycles. The second-order valence-electron chi connectivity index (χ2n) is 7.32. The third kappa shape index (κ3) is 3.59. The molecule has 0 radical (unpaired) electrons. The van der Waals surface area contributed by atoms with Crippen LogP contribution < -0.4 is 5.32 Å². The van der Waals surface area contributed by atoms with Gasteiger partial charge in [-0.3, -0.25) is 19.8 Å². The molecule has 0 aromatic heterocycles. The number of nitrogens with one attached hydrogen (secondary N) is 1. The maximum absolute atomic E-state index is 11.6. The summed E-state index contributed by atoms with van der Waals surface area (Å²) in [6.07, 6.45) is 4.52. The standard InChI is InChI=1S/C19H27N3O4/c1-14(23)16-5-6-17(18(13-16)22(24)25)20-15(2)19(7-3-4-8-19)21-9-11-26-12-10-21/h5-6,13,15,20H,3-4,7-12H2,1-2H3/t15-/m0/s1. The molecule has 3 rings (SSSR count). The van der Waals surface area contributed by atoms with Crippen LogP contribution in [0.25, 0.3) is 0 Å². The summed E-state index contributed by atoms with van der Waals surface area (Å²) < 4.78 is 5.51. The van der Waals surface area contributed by atoms with Gasteiger partial charge >= 0.3 is 0 Å². The number of nitrogens with zero attached hydrogens (tertiary/aromatic N) is 2. The summed E-state index contributed by atoms with van der Waals surface area (Å²) >= 11 is 0. The van der Waals surface area contributed by atoms with Crippen molar-refractivity contribution < 1.29 is 14.5 Å². The highest BCUT2D eigenvalue weighted by Gasteiger charge is 2.44. The lowest BCUT2D eigenvalue weighted by molar-refractivity contribution is -0.384. The van der Waals surface area contributed by atoms with Gasteiger partial charge in [0.1, 0.15) is 5.69 Å². The van der Waals surface area contributed by atoms with Gasteiger partial charge in [0.25, 0.3) is 5.69 Å². The van der Waals surface area contributed by atoms with Gasteiger partial charge in [-0.05, 0) is 38.8 Å². The number of morpholine rings is 1. The van der Waals surface area contributed by atoms with Crippen LogP contribution in [0.3, 0.4) is 0 Å². The fourth-order valence-electron chi connectivity index (χ4n) is 4.41. The monoisotopic (exact) mass is 361 g/mol. The quantitative estimate of drug-likeness (QED) is 0.476. The summed E-state index contributed by atoms with van der Waals surface area (Å²) in [4.78, 5) is 25.1. The molecule has 1 N–H and O–H groups in total. The molecule has 1 aromatic rings. The van der Waals surface area contributed by atoms with Crippen LogP contribution >= 0.6 is 0 Å². The van der Waals surface area contributed by atoms with E-state index >= 15 is 0 Å². The molecule has 1 atom stereocenters. The predicted octanol–water partition coefficient (Wildman–Crippen LogP) is 3.24. The molecule has 0 bridgehead atoms.